The number of benzene rings is 1. The van der Waals surface area contributed by atoms with E-state index in [1.54, 1.807) is 23.9 Å². The first-order valence-electron chi connectivity index (χ1n) is 8.30. The van der Waals surface area contributed by atoms with E-state index in [-0.39, 0.29) is 17.7 Å². The van der Waals surface area contributed by atoms with Crippen molar-refractivity contribution in [3.05, 3.63) is 58.6 Å². The molecule has 0 amide bonds. The van der Waals surface area contributed by atoms with Gasteiger partial charge in [0.15, 0.2) is 23.1 Å². The normalized spacial score (nSPS) is 11.4. The summed E-state index contributed by atoms with van der Waals surface area (Å²) in [6.07, 6.45) is 0. The molecule has 0 atom stereocenters. The minimum atomic E-state index is -0.308. The topological polar surface area (TPSA) is 82.0 Å². The SMILES string of the molecule is COc1ccccc1OCc1nc(-c2cccc(=O)[nH]2)n(C(C)(C)C)n1. The second-order valence-corrected chi connectivity index (χ2v) is 6.80. The number of ether oxygens (including phenoxy) is 2. The molecule has 3 rings (SSSR count). The molecule has 26 heavy (non-hydrogen) atoms. The van der Waals surface area contributed by atoms with Gasteiger partial charge in [-0.05, 0) is 39.0 Å². The van der Waals surface area contributed by atoms with E-state index in [1.165, 1.54) is 6.07 Å². The molecule has 0 aliphatic rings. The summed E-state index contributed by atoms with van der Waals surface area (Å²) < 4.78 is 12.9. The molecule has 7 nitrogen and oxygen atoms in total. The molecule has 2 heterocycles. The number of aromatic amines is 1. The van der Waals surface area contributed by atoms with Crippen molar-refractivity contribution in [3.63, 3.8) is 0 Å². The lowest BCUT2D eigenvalue weighted by Gasteiger charge is -2.21. The monoisotopic (exact) mass is 354 g/mol. The Morgan fingerprint density at radius 3 is 2.46 bits per heavy atom. The van der Waals surface area contributed by atoms with Crippen LogP contribution in [0.25, 0.3) is 11.5 Å². The van der Waals surface area contributed by atoms with Crippen LogP contribution in [0.1, 0.15) is 26.6 Å². The molecule has 0 bridgehead atoms. The van der Waals surface area contributed by atoms with E-state index in [9.17, 15) is 4.79 Å². The highest BCUT2D eigenvalue weighted by molar-refractivity contribution is 5.49. The van der Waals surface area contributed by atoms with Gasteiger partial charge in [0.25, 0.3) is 0 Å². The first-order chi connectivity index (χ1) is 12.4. The van der Waals surface area contributed by atoms with Crippen LogP contribution in [0.2, 0.25) is 0 Å². The van der Waals surface area contributed by atoms with E-state index < -0.39 is 0 Å². The first-order valence-corrected chi connectivity index (χ1v) is 8.30. The summed E-state index contributed by atoms with van der Waals surface area (Å²) in [5.74, 6) is 2.38. The lowest BCUT2D eigenvalue weighted by Crippen LogP contribution is -2.25. The highest BCUT2D eigenvalue weighted by Crippen LogP contribution is 2.27. The molecule has 2 aromatic heterocycles. The molecule has 0 saturated heterocycles. The van der Waals surface area contributed by atoms with Gasteiger partial charge < -0.3 is 14.5 Å². The Kier molecular flexibility index (Phi) is 4.79. The van der Waals surface area contributed by atoms with Gasteiger partial charge in [-0.15, -0.1) is 0 Å². The third-order valence-corrected chi connectivity index (χ3v) is 3.72. The molecule has 0 fully saturated rings. The first kappa shape index (κ1) is 17.7. The number of nitrogens with zero attached hydrogens (tertiary/aromatic N) is 3. The zero-order valence-corrected chi connectivity index (χ0v) is 15.3. The van der Waals surface area contributed by atoms with Crippen molar-refractivity contribution in [2.75, 3.05) is 7.11 Å². The molecule has 3 aromatic rings. The highest BCUT2D eigenvalue weighted by atomic mass is 16.5. The maximum absolute atomic E-state index is 11.7. The summed E-state index contributed by atoms with van der Waals surface area (Å²) in [5.41, 5.74) is 0.124. The van der Waals surface area contributed by atoms with Crippen LogP contribution in [-0.2, 0) is 12.1 Å². The molecule has 0 aliphatic carbocycles. The van der Waals surface area contributed by atoms with E-state index >= 15 is 0 Å². The van der Waals surface area contributed by atoms with E-state index in [2.05, 4.69) is 15.1 Å². The average molecular weight is 354 g/mol. The molecule has 0 spiro atoms. The third-order valence-electron chi connectivity index (χ3n) is 3.72. The van der Waals surface area contributed by atoms with Gasteiger partial charge in [0.2, 0.25) is 5.56 Å². The van der Waals surface area contributed by atoms with Gasteiger partial charge in [0.05, 0.1) is 18.3 Å². The molecule has 1 aromatic carbocycles. The Bertz CT molecular complexity index is 954. The Labute approximate surface area is 151 Å². The number of H-pyrrole nitrogens is 1. The average Bonchev–Trinajstić information content (AvgIpc) is 3.05. The van der Waals surface area contributed by atoms with E-state index in [1.807, 2.05) is 45.0 Å². The van der Waals surface area contributed by atoms with Crippen LogP contribution in [-0.4, -0.2) is 26.9 Å². The molecule has 1 N–H and O–H groups in total. The molecule has 7 heteroatoms. The standard InChI is InChI=1S/C19H22N4O3/c1-19(2,3)23-18(13-8-7-11-17(24)20-13)21-16(22-23)12-26-15-10-6-5-9-14(15)25-4/h5-11H,12H2,1-4H3,(H,20,24). The number of methoxy groups -OCH3 is 1. The van der Waals surface area contributed by atoms with Gasteiger partial charge in [0.1, 0.15) is 6.61 Å². The van der Waals surface area contributed by atoms with Crippen molar-refractivity contribution in [1.82, 2.24) is 19.7 Å². The molecule has 0 radical (unpaired) electrons. The zero-order chi connectivity index (χ0) is 18.7. The van der Waals surface area contributed by atoms with Crippen LogP contribution >= 0.6 is 0 Å². The quantitative estimate of drug-likeness (QED) is 0.762. The number of pyridine rings is 1. The summed E-state index contributed by atoms with van der Waals surface area (Å²) in [7, 11) is 1.60. The fourth-order valence-corrected chi connectivity index (χ4v) is 2.52. The predicted octanol–water partition coefficient (Wildman–Crippen LogP) is 2.98. The second kappa shape index (κ2) is 7.03. The van der Waals surface area contributed by atoms with Crippen molar-refractivity contribution in [3.8, 4) is 23.0 Å². The molecule has 136 valence electrons. The molecule has 0 saturated carbocycles. The molecule has 0 aliphatic heterocycles. The van der Waals surface area contributed by atoms with Crippen LogP contribution in [0.3, 0.4) is 0 Å². The Morgan fingerprint density at radius 1 is 1.08 bits per heavy atom. The van der Waals surface area contributed by atoms with Crippen LogP contribution in [0.15, 0.2) is 47.3 Å². The van der Waals surface area contributed by atoms with Gasteiger partial charge >= 0.3 is 0 Å². The van der Waals surface area contributed by atoms with Gasteiger partial charge in [-0.3, -0.25) is 4.79 Å². The van der Waals surface area contributed by atoms with Crippen molar-refractivity contribution in [2.45, 2.75) is 32.9 Å². The van der Waals surface area contributed by atoms with Gasteiger partial charge in [-0.25, -0.2) is 9.67 Å². The van der Waals surface area contributed by atoms with Crippen molar-refractivity contribution in [1.29, 1.82) is 0 Å². The Morgan fingerprint density at radius 2 is 1.81 bits per heavy atom. The molecular formula is C19H22N4O3. The van der Waals surface area contributed by atoms with E-state index in [0.29, 0.717) is 28.8 Å². The van der Waals surface area contributed by atoms with E-state index in [4.69, 9.17) is 9.47 Å². The number of aromatic nitrogens is 4. The van der Waals surface area contributed by atoms with Gasteiger partial charge in [-0.2, -0.15) is 5.10 Å². The fraction of sp³-hybridized carbons (Fsp3) is 0.316. The second-order valence-electron chi connectivity index (χ2n) is 6.80. The minimum Gasteiger partial charge on any atom is -0.493 e. The molecular weight excluding hydrogens is 332 g/mol. The maximum Gasteiger partial charge on any atom is 0.248 e. The van der Waals surface area contributed by atoms with Crippen LogP contribution in [0.5, 0.6) is 11.5 Å². The van der Waals surface area contributed by atoms with Crippen LogP contribution in [0.4, 0.5) is 0 Å². The third kappa shape index (κ3) is 3.77. The Balaban J connectivity index is 1.93. The maximum atomic E-state index is 11.7. The number of rotatable bonds is 5. The van der Waals surface area contributed by atoms with Crippen LogP contribution in [0, 0.1) is 0 Å². The van der Waals surface area contributed by atoms with Crippen molar-refractivity contribution in [2.24, 2.45) is 0 Å². The number of para-hydroxylation sites is 2. The summed E-state index contributed by atoms with van der Waals surface area (Å²) in [6.45, 7) is 6.26. The molecule has 0 unspecified atom stereocenters. The lowest BCUT2D eigenvalue weighted by atomic mass is 10.1. The van der Waals surface area contributed by atoms with Crippen LogP contribution < -0.4 is 15.0 Å². The lowest BCUT2D eigenvalue weighted by molar-refractivity contribution is 0.272. The summed E-state index contributed by atoms with van der Waals surface area (Å²) in [5, 5.41) is 4.58. The summed E-state index contributed by atoms with van der Waals surface area (Å²) in [4.78, 5) is 19.0. The number of nitrogens with one attached hydrogen (secondary N) is 1. The highest BCUT2D eigenvalue weighted by Gasteiger charge is 2.23. The van der Waals surface area contributed by atoms with Gasteiger partial charge in [-0.1, -0.05) is 18.2 Å². The van der Waals surface area contributed by atoms with Gasteiger partial charge in [0, 0.05) is 6.07 Å². The van der Waals surface area contributed by atoms with Crippen molar-refractivity contribution < 1.29 is 9.47 Å². The summed E-state index contributed by atoms with van der Waals surface area (Å²) >= 11 is 0. The Hall–Kier alpha value is -3.09. The number of hydrogen-bond donors (Lipinski definition) is 1. The predicted molar refractivity (Wildman–Crippen MR) is 98.4 cm³/mol. The van der Waals surface area contributed by atoms with Crippen molar-refractivity contribution >= 4 is 0 Å². The summed E-state index contributed by atoms with van der Waals surface area (Å²) in [6, 6.07) is 12.4. The number of hydrogen-bond acceptors (Lipinski definition) is 5. The van der Waals surface area contributed by atoms with E-state index in [0.717, 1.165) is 0 Å². The minimum absolute atomic E-state index is 0.183. The fourth-order valence-electron chi connectivity index (χ4n) is 2.52. The largest absolute Gasteiger partial charge is 0.493 e. The zero-order valence-electron chi connectivity index (χ0n) is 15.3. The smallest absolute Gasteiger partial charge is 0.248 e.